The summed E-state index contributed by atoms with van der Waals surface area (Å²) in [5.74, 6) is -1.04. The molecule has 55 heavy (non-hydrogen) atoms. The van der Waals surface area contributed by atoms with Crippen LogP contribution in [0.5, 0.6) is 0 Å². The molecule has 0 saturated heterocycles. The fraction of sp³-hybridized carbons (Fsp3) is 0.930. The van der Waals surface area contributed by atoms with Crippen molar-refractivity contribution in [1.82, 2.24) is 5.32 Å². The van der Waals surface area contributed by atoms with E-state index in [9.17, 15) is 23.8 Å². The molecule has 0 fully saturated rings. The molecule has 326 valence electrons. The van der Waals surface area contributed by atoms with Gasteiger partial charge in [0.2, 0.25) is 5.91 Å². The number of nitrogens with one attached hydrogen (secondary N) is 1. The fourth-order valence-corrected chi connectivity index (χ4v) is 7.21. The fourth-order valence-electron chi connectivity index (χ4n) is 6.45. The third kappa shape index (κ3) is 40.5. The molecule has 0 radical (unpaired) electrons. The third-order valence-corrected chi connectivity index (χ3v) is 10.9. The summed E-state index contributed by atoms with van der Waals surface area (Å²) < 4.78 is 33.6. The van der Waals surface area contributed by atoms with E-state index in [4.69, 9.17) is 24.3 Å². The molecule has 0 spiro atoms. The second kappa shape index (κ2) is 40.7. The monoisotopic (exact) mass is 805 g/mol. The lowest BCUT2D eigenvalue weighted by molar-refractivity contribution is -0.161. The number of amides is 1. The molecule has 0 bridgehead atoms. The van der Waals surface area contributed by atoms with E-state index in [0.717, 1.165) is 57.8 Å². The van der Waals surface area contributed by atoms with Crippen molar-refractivity contribution >= 4 is 25.7 Å². The molecule has 1 unspecified atom stereocenters. The zero-order chi connectivity index (χ0) is 40.5. The maximum Gasteiger partial charge on any atom is 0.472 e. The molecule has 0 aromatic rings. The first-order chi connectivity index (χ1) is 26.7. The SMILES string of the molecule is CCCCCCCCCCCCCCCC(=O)OC[C@@H](COP(=O)(O)OCCNC(=O)CCCCCN)OC(=O)CCCCCCCCCCCCCCC. The highest BCUT2D eigenvalue weighted by molar-refractivity contribution is 7.47. The number of hydrogen-bond donors (Lipinski definition) is 3. The van der Waals surface area contributed by atoms with Gasteiger partial charge in [-0.15, -0.1) is 0 Å². The quantitative estimate of drug-likeness (QED) is 0.0307. The van der Waals surface area contributed by atoms with Crippen LogP contribution in [0.1, 0.15) is 219 Å². The van der Waals surface area contributed by atoms with Crippen molar-refractivity contribution < 1.29 is 42.4 Å². The van der Waals surface area contributed by atoms with E-state index in [-0.39, 0.29) is 38.5 Å². The topological polar surface area (TPSA) is 163 Å². The highest BCUT2D eigenvalue weighted by Gasteiger charge is 2.26. The van der Waals surface area contributed by atoms with Gasteiger partial charge in [-0.3, -0.25) is 23.4 Å². The van der Waals surface area contributed by atoms with Crippen LogP contribution in [0.4, 0.5) is 0 Å². The Kier molecular flexibility index (Phi) is 39.5. The van der Waals surface area contributed by atoms with Gasteiger partial charge in [-0.05, 0) is 32.2 Å². The molecule has 2 atom stereocenters. The van der Waals surface area contributed by atoms with Gasteiger partial charge in [0.25, 0.3) is 0 Å². The smallest absolute Gasteiger partial charge is 0.462 e. The maximum absolute atomic E-state index is 12.7. The molecule has 0 aromatic heterocycles. The van der Waals surface area contributed by atoms with E-state index < -0.39 is 32.5 Å². The Balaban J connectivity index is 4.49. The minimum Gasteiger partial charge on any atom is -0.462 e. The Labute approximate surface area is 336 Å². The van der Waals surface area contributed by atoms with Gasteiger partial charge < -0.3 is 25.4 Å². The van der Waals surface area contributed by atoms with Gasteiger partial charge in [-0.2, -0.15) is 0 Å². The number of hydrogen-bond acceptors (Lipinski definition) is 9. The summed E-state index contributed by atoms with van der Waals surface area (Å²) in [6, 6.07) is 0. The van der Waals surface area contributed by atoms with Crippen LogP contribution in [0, 0.1) is 0 Å². The molecule has 4 N–H and O–H groups in total. The van der Waals surface area contributed by atoms with Crippen LogP contribution in [-0.4, -0.2) is 61.8 Å². The van der Waals surface area contributed by atoms with Gasteiger partial charge >= 0.3 is 19.8 Å². The summed E-state index contributed by atoms with van der Waals surface area (Å²) in [6.07, 6.45) is 33.5. The second-order valence-electron chi connectivity index (χ2n) is 15.3. The number of carbonyl (C=O) groups excluding carboxylic acids is 3. The zero-order valence-corrected chi connectivity index (χ0v) is 36.4. The molecule has 0 aliphatic heterocycles. The first-order valence-corrected chi connectivity index (χ1v) is 24.2. The van der Waals surface area contributed by atoms with Crippen molar-refractivity contribution in [2.75, 3.05) is 32.9 Å². The molecule has 1 amide bonds. The number of phosphoric ester groups is 1. The lowest BCUT2D eigenvalue weighted by Crippen LogP contribution is -2.30. The van der Waals surface area contributed by atoms with Crippen molar-refractivity contribution in [3.8, 4) is 0 Å². The van der Waals surface area contributed by atoms with Gasteiger partial charge in [0.1, 0.15) is 6.61 Å². The van der Waals surface area contributed by atoms with Crippen LogP contribution in [0.25, 0.3) is 0 Å². The molecule has 12 heteroatoms. The molecule has 0 aliphatic carbocycles. The van der Waals surface area contributed by atoms with Crippen molar-refractivity contribution in [3.05, 3.63) is 0 Å². The average molecular weight is 805 g/mol. The summed E-state index contributed by atoms with van der Waals surface area (Å²) in [5, 5.41) is 2.64. The summed E-state index contributed by atoms with van der Waals surface area (Å²) in [6.45, 7) is 4.13. The van der Waals surface area contributed by atoms with E-state index in [0.29, 0.717) is 19.4 Å². The Morgan fingerprint density at radius 3 is 1.40 bits per heavy atom. The highest BCUT2D eigenvalue weighted by Crippen LogP contribution is 2.43. The zero-order valence-electron chi connectivity index (χ0n) is 35.5. The van der Waals surface area contributed by atoms with E-state index in [1.165, 1.54) is 122 Å². The molecule has 0 aliphatic rings. The average Bonchev–Trinajstić information content (AvgIpc) is 3.16. The van der Waals surface area contributed by atoms with Gasteiger partial charge in [0.15, 0.2) is 6.10 Å². The number of nitrogens with two attached hydrogens (primary N) is 1. The standard InChI is InChI=1S/C43H85N2O9P/c1-3-5-7-9-11-13-15-17-19-21-23-25-29-33-42(47)51-38-40(39-53-55(49,50)52-37-36-45-41(46)32-28-27-31-35-44)54-43(48)34-30-26-24-22-20-18-16-14-12-10-8-6-4-2/h40H,3-39,44H2,1-2H3,(H,45,46)(H,49,50)/t40-/m0/s1. The predicted octanol–water partition coefficient (Wildman–Crippen LogP) is 11.2. The lowest BCUT2D eigenvalue weighted by Gasteiger charge is -2.20. The van der Waals surface area contributed by atoms with Crippen LogP contribution in [-0.2, 0) is 37.5 Å². The number of esters is 2. The molecule has 11 nitrogen and oxygen atoms in total. The van der Waals surface area contributed by atoms with Crippen molar-refractivity contribution in [2.24, 2.45) is 5.73 Å². The summed E-state index contributed by atoms with van der Waals surface area (Å²) in [4.78, 5) is 47.3. The van der Waals surface area contributed by atoms with E-state index in [2.05, 4.69) is 19.2 Å². The molecular formula is C43H85N2O9P. The minimum absolute atomic E-state index is 0.0397. The predicted molar refractivity (Wildman–Crippen MR) is 224 cm³/mol. The van der Waals surface area contributed by atoms with Crippen LogP contribution in [0.15, 0.2) is 0 Å². The Morgan fingerprint density at radius 1 is 0.545 bits per heavy atom. The second-order valence-corrected chi connectivity index (χ2v) is 16.8. The Bertz CT molecular complexity index is 940. The molecule has 0 rings (SSSR count). The normalized spacial score (nSPS) is 13.0. The number of phosphoric acid groups is 1. The summed E-state index contributed by atoms with van der Waals surface area (Å²) in [7, 11) is -4.52. The van der Waals surface area contributed by atoms with Crippen molar-refractivity contribution in [1.29, 1.82) is 0 Å². The first-order valence-electron chi connectivity index (χ1n) is 22.7. The summed E-state index contributed by atoms with van der Waals surface area (Å²) in [5.41, 5.74) is 5.47. The molecule has 0 heterocycles. The van der Waals surface area contributed by atoms with Crippen LogP contribution >= 0.6 is 7.82 Å². The first kappa shape index (κ1) is 53.5. The third-order valence-electron chi connectivity index (χ3n) is 9.91. The molecule has 0 saturated carbocycles. The van der Waals surface area contributed by atoms with E-state index in [1.807, 2.05) is 0 Å². The summed E-state index contributed by atoms with van der Waals surface area (Å²) >= 11 is 0. The number of ether oxygens (including phenoxy) is 2. The van der Waals surface area contributed by atoms with Gasteiger partial charge in [0.05, 0.1) is 13.2 Å². The van der Waals surface area contributed by atoms with Crippen molar-refractivity contribution in [3.63, 3.8) is 0 Å². The van der Waals surface area contributed by atoms with Gasteiger partial charge in [-0.1, -0.05) is 174 Å². The highest BCUT2D eigenvalue weighted by atomic mass is 31.2. The van der Waals surface area contributed by atoms with Crippen molar-refractivity contribution in [2.45, 2.75) is 225 Å². The van der Waals surface area contributed by atoms with E-state index in [1.54, 1.807) is 0 Å². The maximum atomic E-state index is 12.7. The number of carbonyl (C=O) groups is 3. The number of unbranched alkanes of at least 4 members (excludes halogenated alkanes) is 26. The lowest BCUT2D eigenvalue weighted by atomic mass is 10.0. The van der Waals surface area contributed by atoms with E-state index >= 15 is 0 Å². The molecule has 0 aromatic carbocycles. The largest absolute Gasteiger partial charge is 0.472 e. The minimum atomic E-state index is -4.52. The molecular weight excluding hydrogens is 719 g/mol. The van der Waals surface area contributed by atoms with Crippen LogP contribution in [0.3, 0.4) is 0 Å². The van der Waals surface area contributed by atoms with Gasteiger partial charge in [-0.25, -0.2) is 4.57 Å². The Morgan fingerprint density at radius 2 is 0.945 bits per heavy atom. The van der Waals surface area contributed by atoms with Gasteiger partial charge in [0, 0.05) is 25.8 Å². The Hall–Kier alpha value is -1.52. The van der Waals surface area contributed by atoms with Crippen LogP contribution < -0.4 is 11.1 Å². The number of rotatable bonds is 43. The van der Waals surface area contributed by atoms with Crippen LogP contribution in [0.2, 0.25) is 0 Å².